The molecule has 2 N–H and O–H groups in total. The standard InChI is InChI=1S/C20H26FN3O.HI/c1-3-25-15-18-7-5-4-6-17(18)14-24-20(22-2)23-13-12-16-8-10-19(21)11-9-16;/h4-11H,3,12-15H2,1-2H3,(H2,22,23,24);1H. The van der Waals surface area contributed by atoms with Crippen LogP contribution in [-0.4, -0.2) is 26.2 Å². The molecule has 0 amide bonds. The smallest absolute Gasteiger partial charge is 0.191 e. The molecule has 0 heterocycles. The minimum atomic E-state index is -0.208. The van der Waals surface area contributed by atoms with E-state index in [1.54, 1.807) is 19.2 Å². The summed E-state index contributed by atoms with van der Waals surface area (Å²) in [4.78, 5) is 4.24. The van der Waals surface area contributed by atoms with Crippen molar-refractivity contribution in [1.82, 2.24) is 10.6 Å². The molecule has 0 unspecified atom stereocenters. The highest BCUT2D eigenvalue weighted by Gasteiger charge is 2.04. The summed E-state index contributed by atoms with van der Waals surface area (Å²) in [5.41, 5.74) is 3.46. The van der Waals surface area contributed by atoms with Crippen LogP contribution >= 0.6 is 24.0 Å². The molecule has 0 saturated heterocycles. The number of hydrogen-bond acceptors (Lipinski definition) is 2. The van der Waals surface area contributed by atoms with Gasteiger partial charge >= 0.3 is 0 Å². The van der Waals surface area contributed by atoms with Gasteiger partial charge in [-0.15, -0.1) is 24.0 Å². The molecule has 0 fully saturated rings. The van der Waals surface area contributed by atoms with E-state index in [0.29, 0.717) is 19.8 Å². The first kappa shape index (κ1) is 22.4. The lowest BCUT2D eigenvalue weighted by Gasteiger charge is -2.14. The molecule has 6 heteroatoms. The van der Waals surface area contributed by atoms with E-state index in [-0.39, 0.29) is 29.8 Å². The van der Waals surface area contributed by atoms with Gasteiger partial charge in [0, 0.05) is 26.7 Å². The lowest BCUT2D eigenvalue weighted by molar-refractivity contribution is 0.133. The molecule has 2 aromatic rings. The Kier molecular flexibility index (Phi) is 10.9. The first-order chi connectivity index (χ1) is 12.2. The van der Waals surface area contributed by atoms with E-state index in [9.17, 15) is 4.39 Å². The van der Waals surface area contributed by atoms with Crippen molar-refractivity contribution in [1.29, 1.82) is 0 Å². The second-order valence-corrected chi connectivity index (χ2v) is 5.63. The number of rotatable bonds is 8. The maximum atomic E-state index is 12.9. The minimum Gasteiger partial charge on any atom is -0.377 e. The van der Waals surface area contributed by atoms with Crippen molar-refractivity contribution in [3.05, 3.63) is 71.0 Å². The van der Waals surface area contributed by atoms with Crippen molar-refractivity contribution in [2.75, 3.05) is 20.2 Å². The number of nitrogens with zero attached hydrogens (tertiary/aromatic N) is 1. The van der Waals surface area contributed by atoms with E-state index in [1.165, 1.54) is 23.3 Å². The van der Waals surface area contributed by atoms with Crippen LogP contribution in [0, 0.1) is 5.82 Å². The van der Waals surface area contributed by atoms with Gasteiger partial charge in [-0.05, 0) is 42.2 Å². The zero-order valence-electron chi connectivity index (χ0n) is 15.3. The molecule has 2 rings (SSSR count). The van der Waals surface area contributed by atoms with E-state index in [4.69, 9.17) is 4.74 Å². The van der Waals surface area contributed by atoms with Crippen LogP contribution in [0.15, 0.2) is 53.5 Å². The number of aliphatic imine (C=N–C) groups is 1. The summed E-state index contributed by atoms with van der Waals surface area (Å²) >= 11 is 0. The van der Waals surface area contributed by atoms with Crippen molar-refractivity contribution in [3.8, 4) is 0 Å². The zero-order valence-corrected chi connectivity index (χ0v) is 17.6. The summed E-state index contributed by atoms with van der Waals surface area (Å²) in [7, 11) is 1.75. The van der Waals surface area contributed by atoms with Crippen molar-refractivity contribution in [2.45, 2.75) is 26.5 Å². The van der Waals surface area contributed by atoms with E-state index in [0.717, 1.165) is 24.5 Å². The van der Waals surface area contributed by atoms with Crippen LogP contribution in [0.2, 0.25) is 0 Å². The fourth-order valence-corrected chi connectivity index (χ4v) is 2.46. The molecule has 142 valence electrons. The maximum absolute atomic E-state index is 12.9. The predicted octanol–water partition coefficient (Wildman–Crippen LogP) is 3.89. The van der Waals surface area contributed by atoms with Gasteiger partial charge in [0.15, 0.2) is 5.96 Å². The highest BCUT2D eigenvalue weighted by atomic mass is 127. The summed E-state index contributed by atoms with van der Waals surface area (Å²) < 4.78 is 18.4. The van der Waals surface area contributed by atoms with Gasteiger partial charge in [-0.2, -0.15) is 0 Å². The SMILES string of the molecule is CCOCc1ccccc1CNC(=NC)NCCc1ccc(F)cc1.I. The molecule has 0 aliphatic carbocycles. The molecule has 4 nitrogen and oxygen atoms in total. The van der Waals surface area contributed by atoms with Crippen molar-refractivity contribution >= 4 is 29.9 Å². The molecule has 0 spiro atoms. The van der Waals surface area contributed by atoms with Gasteiger partial charge in [-0.3, -0.25) is 4.99 Å². The van der Waals surface area contributed by atoms with Gasteiger partial charge in [-0.1, -0.05) is 36.4 Å². The first-order valence-electron chi connectivity index (χ1n) is 8.56. The van der Waals surface area contributed by atoms with Gasteiger partial charge < -0.3 is 15.4 Å². The number of hydrogen-bond donors (Lipinski definition) is 2. The van der Waals surface area contributed by atoms with E-state index >= 15 is 0 Å². The largest absolute Gasteiger partial charge is 0.377 e. The molecule has 0 aliphatic rings. The van der Waals surface area contributed by atoms with Gasteiger partial charge in [0.25, 0.3) is 0 Å². The summed E-state index contributed by atoms with van der Waals surface area (Å²) in [6.07, 6.45) is 0.807. The number of guanidine groups is 1. The Morgan fingerprint density at radius 2 is 1.73 bits per heavy atom. The Morgan fingerprint density at radius 3 is 2.38 bits per heavy atom. The summed E-state index contributed by atoms with van der Waals surface area (Å²) in [5, 5.41) is 6.60. The van der Waals surface area contributed by atoms with E-state index < -0.39 is 0 Å². The van der Waals surface area contributed by atoms with E-state index in [2.05, 4.69) is 27.8 Å². The maximum Gasteiger partial charge on any atom is 0.191 e. The van der Waals surface area contributed by atoms with Gasteiger partial charge in [-0.25, -0.2) is 4.39 Å². The second-order valence-electron chi connectivity index (χ2n) is 5.63. The molecule has 0 radical (unpaired) electrons. The predicted molar refractivity (Wildman–Crippen MR) is 115 cm³/mol. The third-order valence-corrected chi connectivity index (χ3v) is 3.87. The molecule has 0 aromatic heterocycles. The monoisotopic (exact) mass is 471 g/mol. The normalized spacial score (nSPS) is 11.0. The molecule has 2 aromatic carbocycles. The molecule has 26 heavy (non-hydrogen) atoms. The first-order valence-corrected chi connectivity index (χ1v) is 8.56. The van der Waals surface area contributed by atoms with Crippen molar-refractivity contribution in [2.24, 2.45) is 4.99 Å². The average molecular weight is 471 g/mol. The molecule has 0 aliphatic heterocycles. The van der Waals surface area contributed by atoms with Crippen molar-refractivity contribution < 1.29 is 9.13 Å². The second kappa shape index (κ2) is 12.6. The quantitative estimate of drug-likeness (QED) is 0.349. The lowest BCUT2D eigenvalue weighted by atomic mass is 10.1. The fraction of sp³-hybridized carbons (Fsp3) is 0.350. The molecule has 0 bridgehead atoms. The topological polar surface area (TPSA) is 45.6 Å². The highest BCUT2D eigenvalue weighted by Crippen LogP contribution is 2.10. The molecular weight excluding hydrogens is 444 g/mol. The number of benzene rings is 2. The lowest BCUT2D eigenvalue weighted by Crippen LogP contribution is -2.38. The Hall–Kier alpha value is -1.67. The molecular formula is C20H27FIN3O. The Balaban J connectivity index is 0.00000338. The summed E-state index contributed by atoms with van der Waals surface area (Å²) in [6, 6.07) is 14.8. The van der Waals surface area contributed by atoms with E-state index in [1.807, 2.05) is 19.1 Å². The Labute approximate surface area is 172 Å². The molecule has 0 atom stereocenters. The number of halogens is 2. The van der Waals surface area contributed by atoms with Gasteiger partial charge in [0.05, 0.1) is 6.61 Å². The molecule has 0 saturated carbocycles. The third-order valence-electron chi connectivity index (χ3n) is 3.87. The van der Waals surface area contributed by atoms with Crippen LogP contribution in [0.25, 0.3) is 0 Å². The summed E-state index contributed by atoms with van der Waals surface area (Å²) in [5.74, 6) is 0.535. The fourth-order valence-electron chi connectivity index (χ4n) is 2.46. The van der Waals surface area contributed by atoms with Crippen LogP contribution in [0.4, 0.5) is 4.39 Å². The van der Waals surface area contributed by atoms with Crippen LogP contribution in [0.1, 0.15) is 23.6 Å². The zero-order chi connectivity index (χ0) is 17.9. The number of ether oxygens (including phenoxy) is 1. The van der Waals surface area contributed by atoms with Gasteiger partial charge in [0.2, 0.25) is 0 Å². The minimum absolute atomic E-state index is 0. The van der Waals surface area contributed by atoms with Gasteiger partial charge in [0.1, 0.15) is 5.82 Å². The third kappa shape index (κ3) is 7.70. The van der Waals surface area contributed by atoms with Crippen LogP contribution < -0.4 is 10.6 Å². The van der Waals surface area contributed by atoms with Crippen molar-refractivity contribution in [3.63, 3.8) is 0 Å². The van der Waals surface area contributed by atoms with Crippen LogP contribution in [-0.2, 0) is 24.3 Å². The number of nitrogens with one attached hydrogen (secondary N) is 2. The van der Waals surface area contributed by atoms with Crippen LogP contribution in [0.3, 0.4) is 0 Å². The van der Waals surface area contributed by atoms with Crippen LogP contribution in [0.5, 0.6) is 0 Å². The Bertz CT molecular complexity index is 677. The average Bonchev–Trinajstić information content (AvgIpc) is 2.65. The Morgan fingerprint density at radius 1 is 1.04 bits per heavy atom. The summed E-state index contributed by atoms with van der Waals surface area (Å²) in [6.45, 7) is 4.72. The highest BCUT2D eigenvalue weighted by molar-refractivity contribution is 14.0.